The lowest BCUT2D eigenvalue weighted by molar-refractivity contribution is 0.0681. The molecule has 0 bridgehead atoms. The Morgan fingerprint density at radius 3 is 2.45 bits per heavy atom. The van der Waals surface area contributed by atoms with E-state index in [1.807, 2.05) is 0 Å². The summed E-state index contributed by atoms with van der Waals surface area (Å²) in [6.45, 7) is 3.61. The van der Waals surface area contributed by atoms with Gasteiger partial charge >= 0.3 is 5.97 Å². The van der Waals surface area contributed by atoms with Crippen LogP contribution in [-0.2, 0) is 9.84 Å². The standard InChI is InChI=1S/C12H17NO6S/c1-4-13(8(2)7-20(3,17)18)11(14)10-5-9(6-19-10)12(15)16/h5-6,8H,4,7H2,1-3H3,(H,15,16). The quantitative estimate of drug-likeness (QED) is 0.836. The average molecular weight is 303 g/mol. The highest BCUT2D eigenvalue weighted by Crippen LogP contribution is 2.13. The lowest BCUT2D eigenvalue weighted by Crippen LogP contribution is -2.42. The molecule has 0 aliphatic heterocycles. The van der Waals surface area contributed by atoms with Crippen LogP contribution < -0.4 is 0 Å². The minimum atomic E-state index is -3.22. The Morgan fingerprint density at radius 1 is 1.45 bits per heavy atom. The van der Waals surface area contributed by atoms with Gasteiger partial charge in [-0.2, -0.15) is 0 Å². The van der Waals surface area contributed by atoms with Crippen LogP contribution in [0.5, 0.6) is 0 Å². The van der Waals surface area contributed by atoms with E-state index in [9.17, 15) is 18.0 Å². The summed E-state index contributed by atoms with van der Waals surface area (Å²) < 4.78 is 27.5. The zero-order chi connectivity index (χ0) is 15.5. The fourth-order valence-electron chi connectivity index (χ4n) is 1.89. The first-order valence-corrected chi connectivity index (χ1v) is 8.02. The molecule has 1 amide bonds. The molecule has 1 heterocycles. The molecule has 20 heavy (non-hydrogen) atoms. The summed E-state index contributed by atoms with van der Waals surface area (Å²) in [6.07, 6.45) is 2.07. The predicted molar refractivity (Wildman–Crippen MR) is 71.6 cm³/mol. The van der Waals surface area contributed by atoms with E-state index in [1.165, 1.54) is 4.90 Å². The second kappa shape index (κ2) is 6.08. The van der Waals surface area contributed by atoms with E-state index in [0.717, 1.165) is 18.6 Å². The van der Waals surface area contributed by atoms with Crippen molar-refractivity contribution in [2.45, 2.75) is 19.9 Å². The summed E-state index contributed by atoms with van der Waals surface area (Å²) in [7, 11) is -3.22. The van der Waals surface area contributed by atoms with Gasteiger partial charge in [-0.15, -0.1) is 0 Å². The number of amides is 1. The molecule has 0 aliphatic carbocycles. The third kappa shape index (κ3) is 4.09. The molecule has 1 atom stereocenters. The molecule has 0 aromatic carbocycles. The molecule has 0 radical (unpaired) electrons. The van der Waals surface area contributed by atoms with Crippen LogP contribution in [-0.4, -0.2) is 54.9 Å². The zero-order valence-electron chi connectivity index (χ0n) is 11.5. The van der Waals surface area contributed by atoms with Crippen molar-refractivity contribution in [3.05, 3.63) is 23.7 Å². The largest absolute Gasteiger partial charge is 0.478 e. The number of carbonyl (C=O) groups is 2. The second-order valence-corrected chi connectivity index (χ2v) is 6.72. The summed E-state index contributed by atoms with van der Waals surface area (Å²) in [6, 6.07) is 0.599. The van der Waals surface area contributed by atoms with E-state index in [2.05, 4.69) is 0 Å². The first kappa shape index (κ1) is 16.2. The Hall–Kier alpha value is -1.83. The summed E-state index contributed by atoms with van der Waals surface area (Å²) in [4.78, 5) is 24.2. The highest BCUT2D eigenvalue weighted by Gasteiger charge is 2.25. The molecule has 1 aromatic rings. The summed E-state index contributed by atoms with van der Waals surface area (Å²) in [5.41, 5.74) is -0.125. The van der Waals surface area contributed by atoms with Crippen molar-refractivity contribution in [1.29, 1.82) is 0 Å². The number of rotatable bonds is 6. The van der Waals surface area contributed by atoms with Crippen LogP contribution in [0, 0.1) is 0 Å². The van der Waals surface area contributed by atoms with Crippen molar-refractivity contribution < 1.29 is 27.5 Å². The summed E-state index contributed by atoms with van der Waals surface area (Å²) in [5, 5.41) is 8.77. The Balaban J connectivity index is 2.93. The van der Waals surface area contributed by atoms with Gasteiger partial charge in [-0.3, -0.25) is 4.79 Å². The van der Waals surface area contributed by atoms with Gasteiger partial charge in [0, 0.05) is 24.9 Å². The molecule has 0 fully saturated rings. The molecular weight excluding hydrogens is 286 g/mol. The molecule has 0 saturated carbocycles. The topological polar surface area (TPSA) is 105 Å². The monoisotopic (exact) mass is 303 g/mol. The molecule has 0 spiro atoms. The number of furan rings is 1. The van der Waals surface area contributed by atoms with Gasteiger partial charge < -0.3 is 14.4 Å². The highest BCUT2D eigenvalue weighted by molar-refractivity contribution is 7.90. The molecular formula is C12H17NO6S. The molecule has 112 valence electrons. The van der Waals surface area contributed by atoms with Crippen LogP contribution in [0.25, 0.3) is 0 Å². The average Bonchev–Trinajstić information content (AvgIpc) is 2.76. The molecule has 1 unspecified atom stereocenters. The van der Waals surface area contributed by atoms with Crippen molar-refractivity contribution in [1.82, 2.24) is 4.90 Å². The fraction of sp³-hybridized carbons (Fsp3) is 0.500. The first-order chi connectivity index (χ1) is 9.15. The number of sulfone groups is 1. The maximum absolute atomic E-state index is 12.2. The summed E-state index contributed by atoms with van der Waals surface area (Å²) in [5.74, 6) is -2.01. The van der Waals surface area contributed by atoms with Gasteiger partial charge in [0.1, 0.15) is 16.1 Å². The van der Waals surface area contributed by atoms with Crippen LogP contribution in [0.15, 0.2) is 16.7 Å². The number of hydrogen-bond acceptors (Lipinski definition) is 5. The Kier molecular flexibility index (Phi) is 4.93. The molecule has 1 N–H and O–H groups in total. The maximum atomic E-state index is 12.2. The first-order valence-electron chi connectivity index (χ1n) is 5.96. The van der Waals surface area contributed by atoms with Crippen LogP contribution in [0.3, 0.4) is 0 Å². The van der Waals surface area contributed by atoms with Gasteiger partial charge in [0.2, 0.25) is 0 Å². The van der Waals surface area contributed by atoms with Gasteiger partial charge in [0.05, 0.1) is 11.3 Å². The minimum Gasteiger partial charge on any atom is -0.478 e. The number of hydrogen-bond donors (Lipinski definition) is 1. The molecule has 1 aromatic heterocycles. The SMILES string of the molecule is CCN(C(=O)c1cc(C(=O)O)co1)C(C)CS(C)(=O)=O. The van der Waals surface area contributed by atoms with Gasteiger partial charge in [0.15, 0.2) is 5.76 Å². The van der Waals surface area contributed by atoms with E-state index < -0.39 is 27.8 Å². The van der Waals surface area contributed by atoms with Crippen LogP contribution in [0.4, 0.5) is 0 Å². The van der Waals surface area contributed by atoms with Crippen molar-refractivity contribution in [2.24, 2.45) is 0 Å². The lowest BCUT2D eigenvalue weighted by Gasteiger charge is -2.26. The van der Waals surface area contributed by atoms with Crippen molar-refractivity contribution in [2.75, 3.05) is 18.6 Å². The minimum absolute atomic E-state index is 0.121. The number of carbonyl (C=O) groups excluding carboxylic acids is 1. The van der Waals surface area contributed by atoms with E-state index in [1.54, 1.807) is 13.8 Å². The molecule has 1 rings (SSSR count). The smallest absolute Gasteiger partial charge is 0.338 e. The molecule has 0 saturated heterocycles. The normalized spacial score (nSPS) is 12.9. The fourth-order valence-corrected chi connectivity index (χ4v) is 2.94. The van der Waals surface area contributed by atoms with E-state index in [-0.39, 0.29) is 17.1 Å². The number of aromatic carboxylic acids is 1. The molecule has 0 aliphatic rings. The van der Waals surface area contributed by atoms with E-state index in [0.29, 0.717) is 6.54 Å². The van der Waals surface area contributed by atoms with E-state index in [4.69, 9.17) is 9.52 Å². The van der Waals surface area contributed by atoms with Crippen molar-refractivity contribution in [3.8, 4) is 0 Å². The number of carboxylic acids is 1. The zero-order valence-corrected chi connectivity index (χ0v) is 12.3. The number of carboxylic acid groups (broad SMARTS) is 1. The van der Waals surface area contributed by atoms with Gasteiger partial charge in [-0.25, -0.2) is 13.2 Å². The van der Waals surface area contributed by atoms with Crippen LogP contribution >= 0.6 is 0 Å². The highest BCUT2D eigenvalue weighted by atomic mass is 32.2. The van der Waals surface area contributed by atoms with Crippen molar-refractivity contribution >= 4 is 21.7 Å². The van der Waals surface area contributed by atoms with Crippen molar-refractivity contribution in [3.63, 3.8) is 0 Å². The Labute approximate surface area is 117 Å². The van der Waals surface area contributed by atoms with Gasteiger partial charge in [-0.05, 0) is 13.8 Å². The third-order valence-corrected chi connectivity index (χ3v) is 3.82. The third-order valence-electron chi connectivity index (χ3n) is 2.73. The second-order valence-electron chi connectivity index (χ2n) is 4.54. The van der Waals surface area contributed by atoms with Crippen LogP contribution in [0.2, 0.25) is 0 Å². The summed E-state index contributed by atoms with van der Waals surface area (Å²) >= 11 is 0. The lowest BCUT2D eigenvalue weighted by atomic mass is 10.2. The van der Waals surface area contributed by atoms with Gasteiger partial charge in [-0.1, -0.05) is 0 Å². The number of nitrogens with zero attached hydrogens (tertiary/aromatic N) is 1. The molecule has 7 nitrogen and oxygen atoms in total. The predicted octanol–water partition coefficient (Wildman–Crippen LogP) is 0.873. The Bertz CT molecular complexity index is 603. The van der Waals surface area contributed by atoms with Gasteiger partial charge in [0.25, 0.3) is 5.91 Å². The van der Waals surface area contributed by atoms with Crippen LogP contribution in [0.1, 0.15) is 34.8 Å². The molecule has 8 heteroatoms. The Morgan fingerprint density at radius 2 is 2.05 bits per heavy atom. The van der Waals surface area contributed by atoms with E-state index >= 15 is 0 Å². The maximum Gasteiger partial charge on any atom is 0.338 e.